The predicted octanol–water partition coefficient (Wildman–Crippen LogP) is 4.19. The lowest BCUT2D eigenvalue weighted by molar-refractivity contribution is 0.0696. The van der Waals surface area contributed by atoms with E-state index in [0.29, 0.717) is 27.2 Å². The average molecular weight is 298 g/mol. The second kappa shape index (κ2) is 5.47. The van der Waals surface area contributed by atoms with E-state index in [1.807, 2.05) is 0 Å². The molecule has 1 aromatic carbocycles. The van der Waals surface area contributed by atoms with Gasteiger partial charge in [0.15, 0.2) is 0 Å². The van der Waals surface area contributed by atoms with E-state index in [1.165, 1.54) is 12.3 Å². The lowest BCUT2D eigenvalue weighted by atomic mass is 10.2. The van der Waals surface area contributed by atoms with Gasteiger partial charge >= 0.3 is 5.97 Å². The van der Waals surface area contributed by atoms with Crippen molar-refractivity contribution in [3.63, 3.8) is 0 Å². The van der Waals surface area contributed by atoms with Gasteiger partial charge in [-0.2, -0.15) is 0 Å². The van der Waals surface area contributed by atoms with Crippen molar-refractivity contribution >= 4 is 29.2 Å². The van der Waals surface area contributed by atoms with Crippen LogP contribution in [-0.2, 0) is 0 Å². The molecule has 0 bridgehead atoms. The molecule has 2 rings (SSSR count). The number of benzene rings is 1. The molecule has 1 N–H and O–H groups in total. The first kappa shape index (κ1) is 13.6. The number of rotatable bonds is 3. The van der Waals surface area contributed by atoms with Gasteiger partial charge in [-0.3, -0.25) is 0 Å². The van der Waals surface area contributed by atoms with Crippen molar-refractivity contribution in [1.82, 2.24) is 4.98 Å². The Balaban J connectivity index is 2.28. The number of nitrogens with zero attached hydrogens (tertiary/aromatic N) is 1. The number of carboxylic acids is 1. The highest BCUT2D eigenvalue weighted by Crippen LogP contribution is 2.29. The molecule has 0 amide bonds. The van der Waals surface area contributed by atoms with Crippen LogP contribution in [0.25, 0.3) is 0 Å². The molecule has 0 aliphatic rings. The van der Waals surface area contributed by atoms with Crippen LogP contribution in [0.3, 0.4) is 0 Å². The minimum absolute atomic E-state index is 0.110. The van der Waals surface area contributed by atoms with Crippen LogP contribution < -0.4 is 4.74 Å². The maximum atomic E-state index is 10.8. The molecule has 1 aromatic heterocycles. The SMILES string of the molecule is Cc1cc(C(=O)O)cnc1Oc1ccc(Cl)c(Cl)c1. The van der Waals surface area contributed by atoms with Crippen molar-refractivity contribution in [2.45, 2.75) is 6.92 Å². The van der Waals surface area contributed by atoms with Gasteiger partial charge in [0, 0.05) is 17.8 Å². The number of aromatic carboxylic acids is 1. The van der Waals surface area contributed by atoms with E-state index in [1.54, 1.807) is 25.1 Å². The highest BCUT2D eigenvalue weighted by Gasteiger charge is 2.09. The predicted molar refractivity (Wildman–Crippen MR) is 72.5 cm³/mol. The third-order valence-corrected chi connectivity index (χ3v) is 3.12. The Morgan fingerprint density at radius 3 is 2.58 bits per heavy atom. The average Bonchev–Trinajstić information content (AvgIpc) is 2.36. The molecule has 98 valence electrons. The summed E-state index contributed by atoms with van der Waals surface area (Å²) >= 11 is 11.7. The van der Waals surface area contributed by atoms with Gasteiger partial charge in [0.05, 0.1) is 15.6 Å². The van der Waals surface area contributed by atoms with E-state index in [-0.39, 0.29) is 5.56 Å². The van der Waals surface area contributed by atoms with Gasteiger partial charge in [-0.25, -0.2) is 9.78 Å². The molecule has 0 aliphatic heterocycles. The highest BCUT2D eigenvalue weighted by molar-refractivity contribution is 6.42. The smallest absolute Gasteiger partial charge is 0.337 e. The fourth-order valence-corrected chi connectivity index (χ4v) is 1.73. The van der Waals surface area contributed by atoms with Crippen LogP contribution in [0.15, 0.2) is 30.5 Å². The molecule has 19 heavy (non-hydrogen) atoms. The summed E-state index contributed by atoms with van der Waals surface area (Å²) in [5, 5.41) is 9.65. The van der Waals surface area contributed by atoms with Gasteiger partial charge in [0.1, 0.15) is 5.75 Å². The van der Waals surface area contributed by atoms with Gasteiger partial charge in [0.25, 0.3) is 0 Å². The van der Waals surface area contributed by atoms with E-state index in [9.17, 15) is 4.79 Å². The first-order valence-corrected chi connectivity index (χ1v) is 6.06. The fourth-order valence-electron chi connectivity index (χ4n) is 1.44. The van der Waals surface area contributed by atoms with Crippen LogP contribution in [0, 0.1) is 6.92 Å². The zero-order chi connectivity index (χ0) is 14.0. The molecule has 0 unspecified atom stereocenters. The minimum Gasteiger partial charge on any atom is -0.478 e. The molecular formula is C13H9Cl2NO3. The van der Waals surface area contributed by atoms with Crippen LogP contribution in [0.2, 0.25) is 10.0 Å². The molecule has 0 aliphatic carbocycles. The maximum absolute atomic E-state index is 10.8. The zero-order valence-electron chi connectivity index (χ0n) is 9.85. The summed E-state index contributed by atoms with van der Waals surface area (Å²) < 4.78 is 5.53. The van der Waals surface area contributed by atoms with E-state index < -0.39 is 5.97 Å². The molecular weight excluding hydrogens is 289 g/mol. The number of hydrogen-bond acceptors (Lipinski definition) is 3. The number of aromatic nitrogens is 1. The minimum atomic E-state index is -1.03. The first-order chi connectivity index (χ1) is 8.97. The highest BCUT2D eigenvalue weighted by atomic mass is 35.5. The van der Waals surface area contributed by atoms with E-state index >= 15 is 0 Å². The van der Waals surface area contributed by atoms with Gasteiger partial charge < -0.3 is 9.84 Å². The summed E-state index contributed by atoms with van der Waals surface area (Å²) in [6.45, 7) is 1.71. The van der Waals surface area contributed by atoms with E-state index in [4.69, 9.17) is 33.0 Å². The molecule has 4 nitrogen and oxygen atoms in total. The van der Waals surface area contributed by atoms with Gasteiger partial charge in [0.2, 0.25) is 5.88 Å². The van der Waals surface area contributed by atoms with E-state index in [2.05, 4.69) is 4.98 Å². The molecule has 0 atom stereocenters. The third kappa shape index (κ3) is 3.16. The Hall–Kier alpha value is -1.78. The monoisotopic (exact) mass is 297 g/mol. The second-order valence-corrected chi connectivity index (χ2v) is 4.64. The summed E-state index contributed by atoms with van der Waals surface area (Å²) in [6.07, 6.45) is 1.24. The lowest BCUT2D eigenvalue weighted by Crippen LogP contribution is -1.99. The Labute approximate surface area is 119 Å². The number of ether oxygens (including phenoxy) is 1. The molecule has 0 saturated carbocycles. The second-order valence-electron chi connectivity index (χ2n) is 3.83. The van der Waals surface area contributed by atoms with Crippen LogP contribution in [0.5, 0.6) is 11.6 Å². The molecule has 6 heteroatoms. The molecule has 0 radical (unpaired) electrons. The van der Waals surface area contributed by atoms with Gasteiger partial charge in [-0.15, -0.1) is 0 Å². The molecule has 0 fully saturated rings. The van der Waals surface area contributed by atoms with Crippen molar-refractivity contribution in [2.75, 3.05) is 0 Å². The number of halogens is 2. The van der Waals surface area contributed by atoms with Crippen LogP contribution in [0.1, 0.15) is 15.9 Å². The number of carbonyl (C=O) groups is 1. The standard InChI is InChI=1S/C13H9Cl2NO3/c1-7-4-8(13(17)18)6-16-12(7)19-9-2-3-10(14)11(15)5-9/h2-6H,1H3,(H,17,18). The van der Waals surface area contributed by atoms with Crippen molar-refractivity contribution in [3.8, 4) is 11.6 Å². The molecule has 1 heterocycles. The Bertz CT molecular complexity index is 644. The van der Waals surface area contributed by atoms with Gasteiger partial charge in [-0.1, -0.05) is 23.2 Å². The van der Waals surface area contributed by atoms with Crippen molar-refractivity contribution in [2.24, 2.45) is 0 Å². The lowest BCUT2D eigenvalue weighted by Gasteiger charge is -2.08. The van der Waals surface area contributed by atoms with Crippen LogP contribution in [0.4, 0.5) is 0 Å². The summed E-state index contributed by atoms with van der Waals surface area (Å²) in [7, 11) is 0. The summed E-state index contributed by atoms with van der Waals surface area (Å²) in [5.74, 6) is -0.229. The van der Waals surface area contributed by atoms with Crippen molar-refractivity contribution in [1.29, 1.82) is 0 Å². The molecule has 0 spiro atoms. The Kier molecular flexibility index (Phi) is 3.93. The topological polar surface area (TPSA) is 59.4 Å². The summed E-state index contributed by atoms with van der Waals surface area (Å²) in [5.41, 5.74) is 0.727. The largest absolute Gasteiger partial charge is 0.478 e. The molecule has 0 saturated heterocycles. The Morgan fingerprint density at radius 2 is 2.00 bits per heavy atom. The van der Waals surface area contributed by atoms with Gasteiger partial charge in [-0.05, 0) is 25.1 Å². The maximum Gasteiger partial charge on any atom is 0.337 e. The normalized spacial score (nSPS) is 10.3. The van der Waals surface area contributed by atoms with Crippen molar-refractivity contribution < 1.29 is 14.6 Å². The summed E-state index contributed by atoms with van der Waals surface area (Å²) in [6, 6.07) is 6.32. The summed E-state index contributed by atoms with van der Waals surface area (Å²) in [4.78, 5) is 14.8. The van der Waals surface area contributed by atoms with Crippen LogP contribution in [-0.4, -0.2) is 16.1 Å². The fraction of sp³-hybridized carbons (Fsp3) is 0.0769. The quantitative estimate of drug-likeness (QED) is 0.923. The Morgan fingerprint density at radius 1 is 1.26 bits per heavy atom. The van der Waals surface area contributed by atoms with Crippen LogP contribution >= 0.6 is 23.2 Å². The molecule has 2 aromatic rings. The van der Waals surface area contributed by atoms with Crippen molar-refractivity contribution in [3.05, 3.63) is 51.6 Å². The number of pyridine rings is 1. The zero-order valence-corrected chi connectivity index (χ0v) is 11.4. The first-order valence-electron chi connectivity index (χ1n) is 5.30. The third-order valence-electron chi connectivity index (χ3n) is 2.38. The number of carboxylic acid groups (broad SMARTS) is 1. The number of hydrogen-bond donors (Lipinski definition) is 1. The van der Waals surface area contributed by atoms with E-state index in [0.717, 1.165) is 0 Å². The number of aryl methyl sites for hydroxylation is 1.